The minimum Gasteiger partial charge on any atom is -0.444 e. The zero-order valence-corrected chi connectivity index (χ0v) is 29.8. The number of amides is 2. The topological polar surface area (TPSA) is 131 Å². The number of halogens is 2. The Morgan fingerprint density at radius 3 is 2.44 bits per heavy atom. The lowest BCUT2D eigenvalue weighted by Gasteiger charge is -2.44. The molecule has 2 bridgehead atoms. The minimum atomic E-state index is -3.58. The molecule has 5 rings (SSSR count). The molecule has 264 valence electrons. The van der Waals surface area contributed by atoms with Crippen LogP contribution in [0.15, 0.2) is 42.5 Å². The highest BCUT2D eigenvalue weighted by Gasteiger charge is 2.46. The summed E-state index contributed by atoms with van der Waals surface area (Å²) in [7, 11) is -1.90. The molecule has 10 nitrogen and oxygen atoms in total. The number of methoxy groups -OCH3 is 1. The van der Waals surface area contributed by atoms with E-state index in [2.05, 4.69) is 5.32 Å². The molecule has 1 saturated carbocycles. The van der Waals surface area contributed by atoms with Gasteiger partial charge >= 0.3 is 6.09 Å². The van der Waals surface area contributed by atoms with Gasteiger partial charge in [-0.3, -0.25) is 4.79 Å². The van der Waals surface area contributed by atoms with E-state index >= 15 is 4.39 Å². The fourth-order valence-electron chi connectivity index (χ4n) is 7.51. The van der Waals surface area contributed by atoms with Crippen molar-refractivity contribution in [2.75, 3.05) is 31.3 Å². The maximum Gasteiger partial charge on any atom is 0.410 e. The van der Waals surface area contributed by atoms with Gasteiger partial charge in [0.1, 0.15) is 11.4 Å². The van der Waals surface area contributed by atoms with Crippen LogP contribution in [-0.4, -0.2) is 85.4 Å². The summed E-state index contributed by atoms with van der Waals surface area (Å²) in [4.78, 5) is 28.8. The molecule has 48 heavy (non-hydrogen) atoms. The molecular weight excluding hydrogens is 659 g/mol. The van der Waals surface area contributed by atoms with Crippen molar-refractivity contribution in [1.82, 2.24) is 9.21 Å². The first-order valence-corrected chi connectivity index (χ1v) is 18.7. The highest BCUT2D eigenvalue weighted by atomic mass is 35.5. The Hall–Kier alpha value is -2.77. The number of hydrogen-bond donors (Lipinski definition) is 2. The van der Waals surface area contributed by atoms with E-state index in [0.29, 0.717) is 30.7 Å². The lowest BCUT2D eigenvalue weighted by molar-refractivity contribution is -0.119. The van der Waals surface area contributed by atoms with Crippen LogP contribution in [0.4, 0.5) is 14.9 Å². The molecule has 2 aromatic carbocycles. The number of ether oxygens (including phenoxy) is 2. The maximum absolute atomic E-state index is 15.5. The van der Waals surface area contributed by atoms with Crippen LogP contribution in [-0.2, 0) is 36.1 Å². The molecule has 3 aliphatic rings. The number of hydrogen-bond acceptors (Lipinski definition) is 7. The Morgan fingerprint density at radius 2 is 1.79 bits per heavy atom. The Kier molecular flexibility index (Phi) is 11.1. The Balaban J connectivity index is 1.37. The highest BCUT2D eigenvalue weighted by molar-refractivity contribution is 7.89. The van der Waals surface area contributed by atoms with Crippen LogP contribution in [0.25, 0.3) is 0 Å². The molecule has 3 N–H and O–H groups in total. The molecular formula is C35H48ClFN4O6S. The lowest BCUT2D eigenvalue weighted by Crippen LogP contribution is -2.60. The largest absolute Gasteiger partial charge is 0.444 e. The van der Waals surface area contributed by atoms with Crippen molar-refractivity contribution >= 4 is 39.3 Å². The average molecular weight is 707 g/mol. The second-order valence-electron chi connectivity index (χ2n) is 14.3. The second-order valence-corrected chi connectivity index (χ2v) is 16.8. The number of fused-ring (bicyclic) bond motifs is 2. The zero-order chi connectivity index (χ0) is 34.9. The number of piperazine rings is 1. The molecule has 2 amide bonds. The smallest absolute Gasteiger partial charge is 0.410 e. The molecule has 0 aromatic heterocycles. The van der Waals surface area contributed by atoms with Crippen LogP contribution in [0.3, 0.4) is 0 Å². The van der Waals surface area contributed by atoms with Crippen molar-refractivity contribution in [1.29, 1.82) is 0 Å². The van der Waals surface area contributed by atoms with E-state index < -0.39 is 50.9 Å². The number of nitrogens with one attached hydrogen (secondary N) is 1. The van der Waals surface area contributed by atoms with Crippen molar-refractivity contribution in [3.8, 4) is 0 Å². The predicted molar refractivity (Wildman–Crippen MR) is 184 cm³/mol. The third-order valence-electron chi connectivity index (χ3n) is 10.1. The Labute approximate surface area is 288 Å². The van der Waals surface area contributed by atoms with E-state index in [1.54, 1.807) is 51.0 Å². The molecule has 0 spiro atoms. The number of benzene rings is 2. The van der Waals surface area contributed by atoms with Gasteiger partial charge in [0, 0.05) is 54.0 Å². The van der Waals surface area contributed by atoms with Crippen molar-refractivity contribution in [2.45, 2.75) is 107 Å². The van der Waals surface area contributed by atoms with Gasteiger partial charge in [0.15, 0.2) is 0 Å². The van der Waals surface area contributed by atoms with Gasteiger partial charge in [-0.15, -0.1) is 0 Å². The van der Waals surface area contributed by atoms with Gasteiger partial charge in [-0.2, -0.15) is 4.31 Å². The number of anilines is 1. The number of carbonyl (C=O) groups is 2. The van der Waals surface area contributed by atoms with Crippen molar-refractivity contribution in [2.24, 2.45) is 5.73 Å². The highest BCUT2D eigenvalue weighted by Crippen LogP contribution is 2.43. The number of sulfonamides is 1. The molecule has 2 heterocycles. The zero-order valence-electron chi connectivity index (χ0n) is 28.2. The first-order chi connectivity index (χ1) is 22.6. The third kappa shape index (κ3) is 7.99. The number of carbonyl (C=O) groups excluding carboxylic acids is 2. The summed E-state index contributed by atoms with van der Waals surface area (Å²) in [5.74, 6) is -0.980. The van der Waals surface area contributed by atoms with Crippen LogP contribution in [0.2, 0.25) is 5.02 Å². The first kappa shape index (κ1) is 36.5. The van der Waals surface area contributed by atoms with Gasteiger partial charge in [0.25, 0.3) is 0 Å². The molecule has 2 aromatic rings. The summed E-state index contributed by atoms with van der Waals surface area (Å²) in [5, 5.41) is 3.49. The van der Waals surface area contributed by atoms with Crippen molar-refractivity contribution in [3.63, 3.8) is 0 Å². The molecule has 1 aliphatic carbocycles. The molecule has 0 radical (unpaired) electrons. The van der Waals surface area contributed by atoms with E-state index in [1.807, 2.05) is 12.1 Å². The lowest BCUT2D eigenvalue weighted by atomic mass is 9.64. The average Bonchev–Trinajstić information content (AvgIpc) is 3.16. The first-order valence-electron chi connectivity index (χ1n) is 16.8. The molecule has 2 saturated heterocycles. The van der Waals surface area contributed by atoms with Gasteiger partial charge in [-0.1, -0.05) is 29.8 Å². The standard InChI is InChI=1S/C35H48ClFN4O6S/c1-34(2,3)47-33(43)40-21-26(41-22-25(40)7-6-20-48(41,44)45)14-15-28-29(37)8-5-9-30(28)39-32(42)31(38)35(18-16-27(46-4)17-19-35)23-10-12-24(36)13-11-23/h5,8-13,25-27,31H,6-7,14-22,38H2,1-4H3,(H,39,42)/t25-,26+,27?,31?,35?/m1/s1. The Morgan fingerprint density at radius 1 is 1.10 bits per heavy atom. The summed E-state index contributed by atoms with van der Waals surface area (Å²) >= 11 is 6.18. The minimum absolute atomic E-state index is 0.0124. The van der Waals surface area contributed by atoms with Crippen LogP contribution >= 0.6 is 11.6 Å². The van der Waals surface area contributed by atoms with E-state index in [-0.39, 0.29) is 55.1 Å². The molecule has 2 aliphatic heterocycles. The number of nitrogens with two attached hydrogens (primary N) is 1. The van der Waals surface area contributed by atoms with E-state index in [4.69, 9.17) is 26.8 Å². The van der Waals surface area contributed by atoms with E-state index in [1.165, 1.54) is 16.4 Å². The number of nitrogens with zero attached hydrogens (tertiary/aromatic N) is 2. The van der Waals surface area contributed by atoms with Gasteiger partial charge < -0.3 is 25.4 Å². The SMILES string of the molecule is COC1CCC(c2ccc(Cl)cc2)(C(N)C(=O)Nc2cccc(F)c2CC[C@H]2CN(C(=O)OC(C)(C)C)[C@@H]3CCCS(=O)(=O)N2C3)CC1. The molecule has 13 heteroatoms. The van der Waals surface area contributed by atoms with Crippen LogP contribution in [0, 0.1) is 5.82 Å². The normalized spacial score (nSPS) is 27.9. The van der Waals surface area contributed by atoms with E-state index in [0.717, 1.165) is 18.4 Å². The molecule has 3 fully saturated rings. The van der Waals surface area contributed by atoms with Crippen LogP contribution in [0.1, 0.15) is 76.8 Å². The van der Waals surface area contributed by atoms with Gasteiger partial charge in [-0.25, -0.2) is 17.6 Å². The van der Waals surface area contributed by atoms with Gasteiger partial charge in [-0.05, 0) is 102 Å². The maximum atomic E-state index is 15.5. The second kappa shape index (κ2) is 14.6. The third-order valence-corrected chi connectivity index (χ3v) is 12.3. The van der Waals surface area contributed by atoms with Crippen LogP contribution in [0.5, 0.6) is 0 Å². The van der Waals surface area contributed by atoms with Crippen LogP contribution < -0.4 is 11.1 Å². The summed E-state index contributed by atoms with van der Waals surface area (Å²) in [6.07, 6.45) is 3.63. The summed E-state index contributed by atoms with van der Waals surface area (Å²) in [6, 6.07) is 10.0. The van der Waals surface area contributed by atoms with Gasteiger partial charge in [0.2, 0.25) is 15.9 Å². The molecule has 4 atom stereocenters. The summed E-state index contributed by atoms with van der Waals surface area (Å²) < 4.78 is 54.8. The van der Waals surface area contributed by atoms with Gasteiger partial charge in [0.05, 0.1) is 17.9 Å². The Bertz CT molecular complexity index is 1580. The van der Waals surface area contributed by atoms with E-state index in [9.17, 15) is 18.0 Å². The van der Waals surface area contributed by atoms with Crippen molar-refractivity contribution < 1.29 is 31.9 Å². The summed E-state index contributed by atoms with van der Waals surface area (Å²) in [5.41, 5.74) is 6.85. The molecule has 2 unspecified atom stereocenters. The predicted octanol–water partition coefficient (Wildman–Crippen LogP) is 5.62. The monoisotopic (exact) mass is 706 g/mol. The summed E-state index contributed by atoms with van der Waals surface area (Å²) in [6.45, 7) is 5.67. The quantitative estimate of drug-likeness (QED) is 0.365. The number of rotatable bonds is 8. The van der Waals surface area contributed by atoms with Crippen molar-refractivity contribution in [3.05, 3.63) is 64.4 Å². The fourth-order valence-corrected chi connectivity index (χ4v) is 9.43. The fraction of sp³-hybridized carbons (Fsp3) is 0.600.